The predicted molar refractivity (Wildman–Crippen MR) is 83.9 cm³/mol. The molecule has 1 aromatic carbocycles. The standard InChI is InChI=1S/C17H26ClN/c1-4-12(2)9-13(3)19-17-10-15(11-17)14-5-7-16(18)8-6-14/h5-8,12-13,15,17,19H,4,9-11H2,1-3H3. The van der Waals surface area contributed by atoms with Crippen molar-refractivity contribution in [3.8, 4) is 0 Å². The zero-order chi connectivity index (χ0) is 13.8. The molecule has 0 saturated heterocycles. The molecule has 0 aromatic heterocycles. The van der Waals surface area contributed by atoms with Crippen LogP contribution in [0.4, 0.5) is 0 Å². The highest BCUT2D eigenvalue weighted by Gasteiger charge is 2.30. The maximum Gasteiger partial charge on any atom is 0.0406 e. The van der Waals surface area contributed by atoms with Gasteiger partial charge in [0.2, 0.25) is 0 Å². The molecule has 0 bridgehead atoms. The molecule has 2 rings (SSSR count). The largest absolute Gasteiger partial charge is 0.311 e. The predicted octanol–water partition coefficient (Wildman–Crippen LogP) is 5.00. The van der Waals surface area contributed by atoms with Gasteiger partial charge in [-0.1, -0.05) is 44.0 Å². The number of hydrogen-bond donors (Lipinski definition) is 1. The van der Waals surface area contributed by atoms with E-state index in [2.05, 4.69) is 38.2 Å². The van der Waals surface area contributed by atoms with Crippen LogP contribution in [0.15, 0.2) is 24.3 Å². The van der Waals surface area contributed by atoms with E-state index in [4.69, 9.17) is 11.6 Å². The molecule has 0 amide bonds. The van der Waals surface area contributed by atoms with Gasteiger partial charge in [0.1, 0.15) is 0 Å². The van der Waals surface area contributed by atoms with Crippen molar-refractivity contribution >= 4 is 11.6 Å². The first kappa shape index (κ1) is 14.9. The summed E-state index contributed by atoms with van der Waals surface area (Å²) in [7, 11) is 0. The normalized spacial score (nSPS) is 25.7. The molecular formula is C17H26ClN. The number of nitrogens with one attached hydrogen (secondary N) is 1. The minimum atomic E-state index is 0.645. The van der Waals surface area contributed by atoms with Crippen molar-refractivity contribution in [2.45, 2.75) is 64.5 Å². The summed E-state index contributed by atoms with van der Waals surface area (Å²) in [5.74, 6) is 1.56. The van der Waals surface area contributed by atoms with Crippen LogP contribution in [0.5, 0.6) is 0 Å². The van der Waals surface area contributed by atoms with Gasteiger partial charge < -0.3 is 5.32 Å². The molecule has 1 N–H and O–H groups in total. The van der Waals surface area contributed by atoms with E-state index in [-0.39, 0.29) is 0 Å². The first-order chi connectivity index (χ1) is 9.08. The summed E-state index contributed by atoms with van der Waals surface area (Å²) in [4.78, 5) is 0. The second-order valence-electron chi connectivity index (χ2n) is 6.23. The van der Waals surface area contributed by atoms with E-state index in [1.165, 1.54) is 31.2 Å². The Balaban J connectivity index is 1.72. The van der Waals surface area contributed by atoms with Gasteiger partial charge in [0, 0.05) is 17.1 Å². The molecule has 0 radical (unpaired) electrons. The molecule has 1 fully saturated rings. The Hall–Kier alpha value is -0.530. The monoisotopic (exact) mass is 279 g/mol. The highest BCUT2D eigenvalue weighted by atomic mass is 35.5. The third kappa shape index (κ3) is 4.22. The van der Waals surface area contributed by atoms with Crippen molar-refractivity contribution in [2.75, 3.05) is 0 Å². The number of halogens is 1. The summed E-state index contributed by atoms with van der Waals surface area (Å²) < 4.78 is 0. The van der Waals surface area contributed by atoms with Gasteiger partial charge in [-0.05, 0) is 55.7 Å². The van der Waals surface area contributed by atoms with Crippen LogP contribution in [0.3, 0.4) is 0 Å². The van der Waals surface area contributed by atoms with E-state index in [1.807, 2.05) is 12.1 Å². The van der Waals surface area contributed by atoms with Gasteiger partial charge in [-0.25, -0.2) is 0 Å². The summed E-state index contributed by atoms with van der Waals surface area (Å²) in [6.07, 6.45) is 5.11. The summed E-state index contributed by atoms with van der Waals surface area (Å²) in [6.45, 7) is 6.94. The smallest absolute Gasteiger partial charge is 0.0406 e. The van der Waals surface area contributed by atoms with Gasteiger partial charge in [-0.3, -0.25) is 0 Å². The van der Waals surface area contributed by atoms with Gasteiger partial charge in [0.15, 0.2) is 0 Å². The van der Waals surface area contributed by atoms with Crippen LogP contribution in [-0.2, 0) is 0 Å². The Morgan fingerprint density at radius 3 is 2.42 bits per heavy atom. The van der Waals surface area contributed by atoms with Crippen molar-refractivity contribution in [1.82, 2.24) is 5.32 Å². The molecule has 0 aliphatic heterocycles. The van der Waals surface area contributed by atoms with Gasteiger partial charge >= 0.3 is 0 Å². The molecule has 0 spiro atoms. The lowest BCUT2D eigenvalue weighted by Crippen LogP contribution is -2.44. The van der Waals surface area contributed by atoms with Crippen LogP contribution >= 0.6 is 11.6 Å². The number of benzene rings is 1. The Bertz CT molecular complexity index is 381. The topological polar surface area (TPSA) is 12.0 Å². The first-order valence-electron chi connectivity index (χ1n) is 7.60. The maximum atomic E-state index is 5.92. The van der Waals surface area contributed by atoms with Crippen LogP contribution in [0.1, 0.15) is 57.9 Å². The lowest BCUT2D eigenvalue weighted by molar-refractivity contribution is 0.254. The van der Waals surface area contributed by atoms with E-state index < -0.39 is 0 Å². The molecule has 2 atom stereocenters. The van der Waals surface area contributed by atoms with Crippen molar-refractivity contribution in [1.29, 1.82) is 0 Å². The van der Waals surface area contributed by atoms with Crippen molar-refractivity contribution < 1.29 is 0 Å². The van der Waals surface area contributed by atoms with Crippen molar-refractivity contribution in [2.24, 2.45) is 5.92 Å². The highest BCUT2D eigenvalue weighted by molar-refractivity contribution is 6.30. The minimum Gasteiger partial charge on any atom is -0.311 e. The second-order valence-corrected chi connectivity index (χ2v) is 6.67. The van der Waals surface area contributed by atoms with Gasteiger partial charge in [-0.15, -0.1) is 0 Å². The van der Waals surface area contributed by atoms with E-state index >= 15 is 0 Å². The van der Waals surface area contributed by atoms with Crippen molar-refractivity contribution in [3.05, 3.63) is 34.9 Å². The SMILES string of the molecule is CCC(C)CC(C)NC1CC(c2ccc(Cl)cc2)C1. The van der Waals surface area contributed by atoms with Crippen LogP contribution in [0, 0.1) is 5.92 Å². The Morgan fingerprint density at radius 2 is 1.84 bits per heavy atom. The molecule has 106 valence electrons. The fourth-order valence-corrected chi connectivity index (χ4v) is 3.13. The van der Waals surface area contributed by atoms with E-state index in [0.29, 0.717) is 12.1 Å². The Kier molecular flexibility index (Phi) is 5.29. The fraction of sp³-hybridized carbons (Fsp3) is 0.647. The molecule has 2 heteroatoms. The highest BCUT2D eigenvalue weighted by Crippen LogP contribution is 2.37. The molecular weight excluding hydrogens is 254 g/mol. The molecule has 1 nitrogen and oxygen atoms in total. The third-order valence-corrected chi connectivity index (χ3v) is 4.70. The summed E-state index contributed by atoms with van der Waals surface area (Å²) in [5.41, 5.74) is 1.44. The maximum absolute atomic E-state index is 5.92. The molecule has 19 heavy (non-hydrogen) atoms. The molecule has 1 aliphatic carbocycles. The first-order valence-corrected chi connectivity index (χ1v) is 7.97. The van der Waals surface area contributed by atoms with Crippen LogP contribution in [0.2, 0.25) is 5.02 Å². The minimum absolute atomic E-state index is 0.645. The molecule has 0 heterocycles. The Labute approximate surface area is 122 Å². The molecule has 2 unspecified atom stereocenters. The lowest BCUT2D eigenvalue weighted by Gasteiger charge is -2.38. The average Bonchev–Trinajstić information content (AvgIpc) is 2.34. The summed E-state index contributed by atoms with van der Waals surface area (Å²) in [6, 6.07) is 9.70. The molecule has 1 aliphatic rings. The summed E-state index contributed by atoms with van der Waals surface area (Å²) in [5, 5.41) is 4.60. The third-order valence-electron chi connectivity index (χ3n) is 4.45. The number of rotatable bonds is 6. The van der Waals surface area contributed by atoms with Gasteiger partial charge in [0.25, 0.3) is 0 Å². The lowest BCUT2D eigenvalue weighted by atomic mass is 9.75. The fourth-order valence-electron chi connectivity index (χ4n) is 3.00. The van der Waals surface area contributed by atoms with Crippen LogP contribution in [-0.4, -0.2) is 12.1 Å². The zero-order valence-electron chi connectivity index (χ0n) is 12.3. The van der Waals surface area contributed by atoms with E-state index in [9.17, 15) is 0 Å². The Morgan fingerprint density at radius 1 is 1.21 bits per heavy atom. The van der Waals surface area contributed by atoms with Gasteiger partial charge in [-0.2, -0.15) is 0 Å². The van der Waals surface area contributed by atoms with Crippen LogP contribution < -0.4 is 5.32 Å². The molecule has 1 saturated carbocycles. The number of hydrogen-bond acceptors (Lipinski definition) is 1. The summed E-state index contributed by atoms with van der Waals surface area (Å²) >= 11 is 5.92. The molecule has 1 aromatic rings. The van der Waals surface area contributed by atoms with Crippen LogP contribution in [0.25, 0.3) is 0 Å². The second kappa shape index (κ2) is 6.76. The average molecular weight is 280 g/mol. The quantitative estimate of drug-likeness (QED) is 0.773. The van der Waals surface area contributed by atoms with Gasteiger partial charge in [0.05, 0.1) is 0 Å². The zero-order valence-corrected chi connectivity index (χ0v) is 13.1. The van der Waals surface area contributed by atoms with E-state index in [1.54, 1.807) is 0 Å². The van der Waals surface area contributed by atoms with E-state index in [0.717, 1.165) is 16.9 Å². The van der Waals surface area contributed by atoms with Crippen molar-refractivity contribution in [3.63, 3.8) is 0 Å².